The van der Waals surface area contributed by atoms with E-state index in [0.29, 0.717) is 11.7 Å². The molecule has 0 aromatic carbocycles. The summed E-state index contributed by atoms with van der Waals surface area (Å²) in [4.78, 5) is 20.5. The molecule has 19 heavy (non-hydrogen) atoms. The van der Waals surface area contributed by atoms with E-state index in [2.05, 4.69) is 36.8 Å². The molecule has 0 bridgehead atoms. The van der Waals surface area contributed by atoms with Crippen LogP contribution >= 0.6 is 0 Å². The summed E-state index contributed by atoms with van der Waals surface area (Å²) in [6.45, 7) is 3.62. The van der Waals surface area contributed by atoms with Crippen molar-refractivity contribution in [2.45, 2.75) is 12.1 Å². The lowest BCUT2D eigenvalue weighted by atomic mass is 10.1. The molecule has 1 N–H and O–H groups in total. The van der Waals surface area contributed by atoms with E-state index in [-0.39, 0.29) is 6.10 Å². The Morgan fingerprint density at radius 3 is 3.16 bits per heavy atom. The summed E-state index contributed by atoms with van der Waals surface area (Å²) in [5.74, 6) is 0.925. The average Bonchev–Trinajstić information content (AvgIpc) is 3.05. The molecule has 2 fully saturated rings. The number of hydrogen-bond donors (Lipinski definition) is 1. The van der Waals surface area contributed by atoms with Crippen molar-refractivity contribution in [2.75, 3.05) is 38.2 Å². The van der Waals surface area contributed by atoms with Gasteiger partial charge in [0.2, 0.25) is 0 Å². The first kappa shape index (κ1) is 11.1. The first-order valence-electron chi connectivity index (χ1n) is 6.54. The van der Waals surface area contributed by atoms with Crippen LogP contribution in [0.2, 0.25) is 0 Å². The van der Waals surface area contributed by atoms with Gasteiger partial charge < -0.3 is 14.6 Å². The Labute approximate surface area is 110 Å². The Morgan fingerprint density at radius 2 is 2.26 bits per heavy atom. The number of nitrogens with zero attached hydrogens (tertiary/aromatic N) is 5. The second kappa shape index (κ2) is 4.14. The third-order valence-corrected chi connectivity index (χ3v) is 4.08. The highest BCUT2D eigenvalue weighted by Crippen LogP contribution is 2.28. The Balaban J connectivity index is 1.68. The number of fused-ring (bicyclic) bond motifs is 2. The van der Waals surface area contributed by atoms with E-state index in [1.165, 1.54) is 0 Å². The van der Waals surface area contributed by atoms with Gasteiger partial charge >= 0.3 is 0 Å². The van der Waals surface area contributed by atoms with Crippen molar-refractivity contribution < 1.29 is 4.74 Å². The van der Waals surface area contributed by atoms with E-state index >= 15 is 0 Å². The van der Waals surface area contributed by atoms with Crippen LogP contribution < -0.4 is 4.90 Å². The second-order valence-electron chi connectivity index (χ2n) is 5.16. The smallest absolute Gasteiger partial charge is 0.182 e. The fraction of sp³-hybridized carbons (Fsp3) is 0.583. The largest absolute Gasteiger partial charge is 0.373 e. The number of rotatable bonds is 1. The molecule has 2 aromatic rings. The van der Waals surface area contributed by atoms with Crippen LogP contribution in [0.1, 0.15) is 0 Å². The van der Waals surface area contributed by atoms with Gasteiger partial charge in [-0.3, -0.25) is 4.90 Å². The van der Waals surface area contributed by atoms with E-state index in [4.69, 9.17) is 4.74 Å². The lowest BCUT2D eigenvalue weighted by molar-refractivity contribution is -0.0362. The molecule has 0 radical (unpaired) electrons. The van der Waals surface area contributed by atoms with Crippen molar-refractivity contribution in [3.8, 4) is 0 Å². The van der Waals surface area contributed by atoms with Crippen molar-refractivity contribution in [3.05, 3.63) is 12.7 Å². The topological polar surface area (TPSA) is 70.2 Å². The minimum atomic E-state index is 0.270. The standard InChI is InChI=1S/C12H16N6O/c1-17-2-3-19-9-5-18(4-8(9)17)12-10-11(14-6-13-10)15-7-16-12/h6-9H,2-5H2,1H3,(H,13,14,15,16). The fourth-order valence-corrected chi connectivity index (χ4v) is 3.02. The van der Waals surface area contributed by atoms with E-state index in [0.717, 1.165) is 37.6 Å². The highest BCUT2D eigenvalue weighted by atomic mass is 16.5. The van der Waals surface area contributed by atoms with Gasteiger partial charge in [-0.2, -0.15) is 0 Å². The monoisotopic (exact) mass is 260 g/mol. The molecule has 7 nitrogen and oxygen atoms in total. The van der Waals surface area contributed by atoms with E-state index in [9.17, 15) is 0 Å². The average molecular weight is 260 g/mol. The lowest BCUT2D eigenvalue weighted by Gasteiger charge is -2.33. The normalized spacial score (nSPS) is 27.9. The van der Waals surface area contributed by atoms with Crippen molar-refractivity contribution in [2.24, 2.45) is 0 Å². The van der Waals surface area contributed by atoms with Crippen molar-refractivity contribution in [1.29, 1.82) is 0 Å². The third-order valence-electron chi connectivity index (χ3n) is 4.08. The molecule has 2 aromatic heterocycles. The number of nitrogens with one attached hydrogen (secondary N) is 1. The Bertz CT molecular complexity index is 599. The highest BCUT2D eigenvalue weighted by molar-refractivity contribution is 5.82. The number of H-pyrrole nitrogens is 1. The zero-order valence-electron chi connectivity index (χ0n) is 10.8. The molecule has 2 aliphatic rings. The number of ether oxygens (including phenoxy) is 1. The SMILES string of the molecule is CN1CCOC2CN(c3ncnc4nc[nH]c34)CC21. The van der Waals surface area contributed by atoms with Gasteiger partial charge in [-0.1, -0.05) is 0 Å². The van der Waals surface area contributed by atoms with Gasteiger partial charge in [0, 0.05) is 19.6 Å². The van der Waals surface area contributed by atoms with Gasteiger partial charge in [-0.15, -0.1) is 0 Å². The fourth-order valence-electron chi connectivity index (χ4n) is 3.02. The Morgan fingerprint density at radius 1 is 1.32 bits per heavy atom. The summed E-state index contributed by atoms with van der Waals surface area (Å²) >= 11 is 0. The molecule has 4 heterocycles. The van der Waals surface area contributed by atoms with Crippen molar-refractivity contribution in [3.63, 3.8) is 0 Å². The molecular formula is C12H16N6O. The number of morpholine rings is 1. The van der Waals surface area contributed by atoms with Gasteiger partial charge in [0.15, 0.2) is 11.5 Å². The van der Waals surface area contributed by atoms with Gasteiger partial charge in [0.1, 0.15) is 11.8 Å². The predicted octanol–water partition coefficient (Wildman–Crippen LogP) is -0.128. The van der Waals surface area contributed by atoms with E-state index in [1.807, 2.05) is 0 Å². The summed E-state index contributed by atoms with van der Waals surface area (Å²) in [6.07, 6.45) is 3.51. The van der Waals surface area contributed by atoms with Gasteiger partial charge in [0.25, 0.3) is 0 Å². The third kappa shape index (κ3) is 1.69. The molecule has 2 aliphatic heterocycles. The Hall–Kier alpha value is -1.73. The first-order valence-corrected chi connectivity index (χ1v) is 6.54. The summed E-state index contributed by atoms with van der Waals surface area (Å²) < 4.78 is 5.86. The molecule has 0 spiro atoms. The molecular weight excluding hydrogens is 244 g/mol. The summed E-state index contributed by atoms with van der Waals surface area (Å²) in [7, 11) is 2.16. The molecule has 0 saturated carbocycles. The molecule has 100 valence electrons. The maximum atomic E-state index is 5.86. The summed E-state index contributed by atoms with van der Waals surface area (Å²) in [6, 6.07) is 0.446. The van der Waals surface area contributed by atoms with Crippen molar-refractivity contribution in [1.82, 2.24) is 24.8 Å². The minimum Gasteiger partial charge on any atom is -0.373 e. The minimum absolute atomic E-state index is 0.270. The van der Waals surface area contributed by atoms with Crippen LogP contribution in [0.4, 0.5) is 5.82 Å². The van der Waals surface area contributed by atoms with Crippen LogP contribution in [0.5, 0.6) is 0 Å². The quantitative estimate of drug-likeness (QED) is 0.770. The molecule has 2 unspecified atom stereocenters. The van der Waals surface area contributed by atoms with Crippen LogP contribution in [-0.2, 0) is 4.74 Å². The van der Waals surface area contributed by atoms with Crippen molar-refractivity contribution >= 4 is 17.0 Å². The highest BCUT2D eigenvalue weighted by Gasteiger charge is 2.39. The van der Waals surface area contributed by atoms with Crippen LogP contribution in [0.25, 0.3) is 11.2 Å². The van der Waals surface area contributed by atoms with E-state index in [1.54, 1.807) is 12.7 Å². The maximum Gasteiger partial charge on any atom is 0.182 e. The summed E-state index contributed by atoms with van der Waals surface area (Å²) in [5, 5.41) is 0. The zero-order valence-corrected chi connectivity index (χ0v) is 10.8. The van der Waals surface area contributed by atoms with Crippen LogP contribution in [-0.4, -0.2) is 70.3 Å². The summed E-state index contributed by atoms with van der Waals surface area (Å²) in [5.41, 5.74) is 1.62. The van der Waals surface area contributed by atoms with Crippen LogP contribution in [0.15, 0.2) is 12.7 Å². The first-order chi connectivity index (χ1) is 9.33. The van der Waals surface area contributed by atoms with E-state index < -0.39 is 0 Å². The molecule has 4 rings (SSSR count). The van der Waals surface area contributed by atoms with Crippen LogP contribution in [0, 0.1) is 0 Å². The maximum absolute atomic E-state index is 5.86. The predicted molar refractivity (Wildman–Crippen MR) is 70.1 cm³/mol. The van der Waals surface area contributed by atoms with Gasteiger partial charge in [-0.05, 0) is 7.05 Å². The molecule has 0 amide bonds. The molecule has 2 atom stereocenters. The number of hydrogen-bond acceptors (Lipinski definition) is 6. The van der Waals surface area contributed by atoms with Crippen LogP contribution in [0.3, 0.4) is 0 Å². The number of aromatic nitrogens is 4. The number of likely N-dealkylation sites (N-methyl/N-ethyl adjacent to an activating group) is 1. The second-order valence-corrected chi connectivity index (χ2v) is 5.16. The number of imidazole rings is 1. The lowest BCUT2D eigenvalue weighted by Crippen LogP contribution is -2.48. The number of anilines is 1. The zero-order chi connectivity index (χ0) is 12.8. The Kier molecular flexibility index (Phi) is 2.42. The molecule has 0 aliphatic carbocycles. The van der Waals surface area contributed by atoms with Gasteiger partial charge in [0.05, 0.1) is 25.1 Å². The number of aromatic amines is 1. The molecule has 7 heteroatoms. The van der Waals surface area contributed by atoms with Gasteiger partial charge in [-0.25, -0.2) is 15.0 Å². The molecule has 2 saturated heterocycles.